The normalized spacial score (nSPS) is 19.4. The van der Waals surface area contributed by atoms with Gasteiger partial charge in [-0.1, -0.05) is 43.2 Å². The number of unbranched alkanes of at least 4 members (excludes halogenated alkanes) is 1. The number of ether oxygens (including phenoxy) is 1. The lowest BCUT2D eigenvalue weighted by molar-refractivity contribution is -0.126. The summed E-state index contributed by atoms with van der Waals surface area (Å²) in [5.74, 6) is 1.16. The van der Waals surface area contributed by atoms with E-state index in [9.17, 15) is 13.2 Å². The maximum Gasteiger partial charge on any atom is 0.240 e. The van der Waals surface area contributed by atoms with Gasteiger partial charge in [0.1, 0.15) is 5.75 Å². The zero-order valence-electron chi connectivity index (χ0n) is 20.5. The Balaban J connectivity index is 1.42. The first-order valence-electron chi connectivity index (χ1n) is 12.4. The topological polar surface area (TPSA) is 84.5 Å². The summed E-state index contributed by atoms with van der Waals surface area (Å²) in [4.78, 5) is 13.1. The van der Waals surface area contributed by atoms with Crippen molar-refractivity contribution in [3.05, 3.63) is 59.7 Å². The van der Waals surface area contributed by atoms with Gasteiger partial charge >= 0.3 is 0 Å². The van der Waals surface area contributed by atoms with Gasteiger partial charge in [-0.05, 0) is 81.7 Å². The maximum atomic E-state index is 12.8. The van der Waals surface area contributed by atoms with E-state index < -0.39 is 10.0 Å². The number of sulfonamides is 1. The molecule has 1 atom stereocenters. The van der Waals surface area contributed by atoms with Crippen LogP contribution in [-0.4, -0.2) is 27.5 Å². The van der Waals surface area contributed by atoms with Gasteiger partial charge in [-0.3, -0.25) is 4.79 Å². The van der Waals surface area contributed by atoms with Gasteiger partial charge in [-0.25, -0.2) is 13.1 Å². The highest BCUT2D eigenvalue weighted by Gasteiger charge is 2.28. The lowest BCUT2D eigenvalue weighted by Crippen LogP contribution is -2.37. The molecule has 2 aromatic carbocycles. The van der Waals surface area contributed by atoms with Crippen molar-refractivity contribution in [1.82, 2.24) is 10.0 Å². The van der Waals surface area contributed by atoms with E-state index >= 15 is 0 Å². The van der Waals surface area contributed by atoms with Crippen LogP contribution in [-0.2, 0) is 14.8 Å². The Morgan fingerprint density at radius 1 is 1.03 bits per heavy atom. The third-order valence-corrected chi connectivity index (χ3v) is 8.06. The van der Waals surface area contributed by atoms with Crippen LogP contribution < -0.4 is 14.8 Å². The van der Waals surface area contributed by atoms with E-state index in [1.54, 1.807) is 24.3 Å². The van der Waals surface area contributed by atoms with Gasteiger partial charge in [0.2, 0.25) is 15.9 Å². The summed E-state index contributed by atoms with van der Waals surface area (Å²) < 4.78 is 33.5. The van der Waals surface area contributed by atoms with Gasteiger partial charge in [0.25, 0.3) is 0 Å². The van der Waals surface area contributed by atoms with E-state index in [0.29, 0.717) is 11.4 Å². The summed E-state index contributed by atoms with van der Waals surface area (Å²) in [5, 5.41) is 3.14. The number of rotatable bonds is 11. The third kappa shape index (κ3) is 7.57. The number of amides is 1. The molecular formula is C27H38N2O4S. The molecule has 3 rings (SSSR count). The highest BCUT2D eigenvalue weighted by atomic mass is 32.2. The average Bonchev–Trinajstić information content (AvgIpc) is 2.84. The van der Waals surface area contributed by atoms with Gasteiger partial charge < -0.3 is 10.1 Å². The predicted octanol–water partition coefficient (Wildman–Crippen LogP) is 5.14. The van der Waals surface area contributed by atoms with Gasteiger partial charge in [-0.2, -0.15) is 0 Å². The predicted molar refractivity (Wildman–Crippen MR) is 135 cm³/mol. The second kappa shape index (κ2) is 12.4. The maximum absolute atomic E-state index is 12.8. The molecule has 1 fully saturated rings. The van der Waals surface area contributed by atoms with Crippen molar-refractivity contribution in [2.75, 3.05) is 13.2 Å². The van der Waals surface area contributed by atoms with Gasteiger partial charge in [-0.15, -0.1) is 0 Å². The molecule has 34 heavy (non-hydrogen) atoms. The molecule has 0 radical (unpaired) electrons. The first-order chi connectivity index (χ1) is 16.3. The molecule has 0 unspecified atom stereocenters. The molecule has 0 heterocycles. The first kappa shape index (κ1) is 26.2. The molecule has 0 aromatic heterocycles. The van der Waals surface area contributed by atoms with Gasteiger partial charge in [0.05, 0.1) is 17.5 Å². The number of carbonyl (C=O) groups excluding carboxylic acids is 1. The standard InChI is InChI=1S/C27H38N2O4S/c1-4-5-18-33-25-14-12-23(13-15-25)21(3)29-27(30)24-10-8-22(9-11-24)19-28-34(31,32)26-16-6-20(2)7-17-26/h6-7,12-17,21-22,24,28H,4-5,8-11,18-19H2,1-3H3,(H,29,30)/t21-,22?,24?/m1/s1. The molecule has 2 N–H and O–H groups in total. The van der Waals surface area contributed by atoms with Crippen LogP contribution in [0.3, 0.4) is 0 Å². The number of nitrogens with one attached hydrogen (secondary N) is 2. The summed E-state index contributed by atoms with van der Waals surface area (Å²) >= 11 is 0. The quantitative estimate of drug-likeness (QED) is 0.431. The molecule has 0 bridgehead atoms. The second-order valence-corrected chi connectivity index (χ2v) is 11.2. The van der Waals surface area contributed by atoms with Crippen LogP contribution in [0.4, 0.5) is 0 Å². The Hall–Kier alpha value is -2.38. The van der Waals surface area contributed by atoms with E-state index in [1.165, 1.54) is 0 Å². The second-order valence-electron chi connectivity index (χ2n) is 9.38. The molecule has 0 aliphatic heterocycles. The molecule has 1 amide bonds. The number of hydrogen-bond acceptors (Lipinski definition) is 4. The monoisotopic (exact) mass is 486 g/mol. The van der Waals surface area contributed by atoms with Crippen LogP contribution in [0, 0.1) is 18.8 Å². The van der Waals surface area contributed by atoms with Gasteiger partial charge in [0.15, 0.2) is 0 Å². The van der Waals surface area contributed by atoms with E-state index in [4.69, 9.17) is 4.74 Å². The summed E-state index contributed by atoms with van der Waals surface area (Å²) in [5.41, 5.74) is 2.08. The molecule has 1 aliphatic rings. The van der Waals surface area contributed by atoms with Gasteiger partial charge in [0, 0.05) is 12.5 Å². The number of aryl methyl sites for hydroxylation is 1. The zero-order chi connectivity index (χ0) is 24.6. The highest BCUT2D eigenvalue weighted by Crippen LogP contribution is 2.29. The zero-order valence-corrected chi connectivity index (χ0v) is 21.4. The molecule has 7 heteroatoms. The SMILES string of the molecule is CCCCOc1ccc([C@@H](C)NC(=O)C2CCC(CNS(=O)(=O)c3ccc(C)cc3)CC2)cc1. The molecular weight excluding hydrogens is 448 g/mol. The van der Waals surface area contributed by atoms with Crippen LogP contribution in [0.2, 0.25) is 0 Å². The number of hydrogen-bond donors (Lipinski definition) is 2. The summed E-state index contributed by atoms with van der Waals surface area (Å²) in [6.45, 7) is 7.19. The van der Waals surface area contributed by atoms with E-state index in [0.717, 1.165) is 62.0 Å². The van der Waals surface area contributed by atoms with Crippen LogP contribution in [0.1, 0.15) is 69.5 Å². The fourth-order valence-corrected chi connectivity index (χ4v) is 5.37. The van der Waals surface area contributed by atoms with Crippen molar-refractivity contribution < 1.29 is 17.9 Å². The van der Waals surface area contributed by atoms with Crippen molar-refractivity contribution in [2.24, 2.45) is 11.8 Å². The summed E-state index contributed by atoms with van der Waals surface area (Å²) in [7, 11) is -3.50. The Bertz CT molecular complexity index is 1010. The smallest absolute Gasteiger partial charge is 0.240 e. The van der Waals surface area contributed by atoms with Crippen molar-refractivity contribution in [3.63, 3.8) is 0 Å². The fraction of sp³-hybridized carbons (Fsp3) is 0.519. The lowest BCUT2D eigenvalue weighted by Gasteiger charge is -2.29. The minimum Gasteiger partial charge on any atom is -0.494 e. The summed E-state index contributed by atoms with van der Waals surface area (Å²) in [6.07, 6.45) is 5.37. The molecule has 0 spiro atoms. The Morgan fingerprint density at radius 2 is 1.68 bits per heavy atom. The number of benzene rings is 2. The molecule has 2 aromatic rings. The molecule has 186 valence electrons. The molecule has 6 nitrogen and oxygen atoms in total. The van der Waals surface area contributed by atoms with E-state index in [2.05, 4.69) is 17.0 Å². The van der Waals surface area contributed by atoms with Crippen LogP contribution in [0.5, 0.6) is 5.75 Å². The van der Waals surface area contributed by atoms with E-state index in [1.807, 2.05) is 38.1 Å². The Labute approximate surface area is 204 Å². The Kier molecular flexibility index (Phi) is 9.54. The van der Waals surface area contributed by atoms with Crippen LogP contribution >= 0.6 is 0 Å². The Morgan fingerprint density at radius 3 is 2.29 bits per heavy atom. The molecule has 1 saturated carbocycles. The molecule has 1 aliphatic carbocycles. The van der Waals surface area contributed by atoms with Crippen LogP contribution in [0.15, 0.2) is 53.4 Å². The van der Waals surface area contributed by atoms with Crippen molar-refractivity contribution in [1.29, 1.82) is 0 Å². The van der Waals surface area contributed by atoms with Crippen LogP contribution in [0.25, 0.3) is 0 Å². The van der Waals surface area contributed by atoms with Crippen molar-refractivity contribution >= 4 is 15.9 Å². The lowest BCUT2D eigenvalue weighted by atomic mass is 9.81. The highest BCUT2D eigenvalue weighted by molar-refractivity contribution is 7.89. The first-order valence-corrected chi connectivity index (χ1v) is 13.9. The minimum absolute atomic E-state index is 0.0240. The fourth-order valence-electron chi connectivity index (χ4n) is 4.26. The number of carbonyl (C=O) groups is 1. The van der Waals surface area contributed by atoms with Crippen molar-refractivity contribution in [3.8, 4) is 5.75 Å². The minimum atomic E-state index is -3.50. The van der Waals surface area contributed by atoms with Crippen molar-refractivity contribution in [2.45, 2.75) is 70.2 Å². The summed E-state index contributed by atoms with van der Waals surface area (Å²) in [6, 6.07) is 14.7. The van der Waals surface area contributed by atoms with E-state index in [-0.39, 0.29) is 23.8 Å². The third-order valence-electron chi connectivity index (χ3n) is 6.62. The molecule has 0 saturated heterocycles. The average molecular weight is 487 g/mol. The largest absolute Gasteiger partial charge is 0.494 e.